The topological polar surface area (TPSA) is 71.5 Å². The number of piperidine rings is 1. The number of carbonyl (C=O) groups excluding carboxylic acids is 1. The summed E-state index contributed by atoms with van der Waals surface area (Å²) in [5, 5.41) is 11.7. The second kappa shape index (κ2) is 12.9. The highest BCUT2D eigenvalue weighted by molar-refractivity contribution is 5.96. The molecule has 1 aliphatic carbocycles. The lowest BCUT2D eigenvalue weighted by molar-refractivity contribution is -0.115. The molecule has 2 aromatic rings. The summed E-state index contributed by atoms with van der Waals surface area (Å²) in [6, 6.07) is 11.9. The van der Waals surface area contributed by atoms with Crippen molar-refractivity contribution in [3.63, 3.8) is 0 Å². The Morgan fingerprint density at radius 2 is 1.54 bits per heavy atom. The van der Waals surface area contributed by atoms with Crippen LogP contribution in [-0.2, 0) is 0 Å². The van der Waals surface area contributed by atoms with Crippen LogP contribution in [0.4, 0.5) is 5.69 Å². The number of carbonyl (C=O) groups is 1. The molecule has 2 fully saturated rings. The minimum absolute atomic E-state index is 0.0105. The highest BCUT2D eigenvalue weighted by Gasteiger charge is 2.50. The number of likely N-dealkylation sites (tertiary alicyclic amines) is 1. The number of hydrogen-bond donors (Lipinski definition) is 1. The van der Waals surface area contributed by atoms with E-state index in [1.807, 2.05) is 25.7 Å². The van der Waals surface area contributed by atoms with E-state index in [0.29, 0.717) is 55.6 Å². The first kappa shape index (κ1) is 29.1. The molecule has 1 aliphatic heterocycles. The number of benzene rings is 2. The highest BCUT2D eigenvalue weighted by atomic mass is 16.5. The van der Waals surface area contributed by atoms with Crippen LogP contribution in [0.15, 0.2) is 36.4 Å². The molecule has 2 aliphatic rings. The Hall–Kier alpha value is -2.93. The van der Waals surface area contributed by atoms with E-state index in [1.54, 1.807) is 12.1 Å². The number of aliphatic hydroxyl groups is 1. The maximum Gasteiger partial charge on any atom is 0.254 e. The van der Waals surface area contributed by atoms with Crippen molar-refractivity contribution in [3.8, 4) is 17.2 Å². The van der Waals surface area contributed by atoms with Crippen molar-refractivity contribution in [2.75, 3.05) is 44.4 Å². The number of nitrogens with zero attached hydrogens (tertiary/aromatic N) is 2. The van der Waals surface area contributed by atoms with Gasteiger partial charge in [-0.1, -0.05) is 25.0 Å². The van der Waals surface area contributed by atoms with Crippen molar-refractivity contribution < 1.29 is 24.1 Å². The van der Waals surface area contributed by atoms with Gasteiger partial charge in [-0.15, -0.1) is 0 Å². The molecule has 1 amide bonds. The molecule has 214 valence electrons. The van der Waals surface area contributed by atoms with Crippen LogP contribution in [0.25, 0.3) is 0 Å². The van der Waals surface area contributed by atoms with E-state index < -0.39 is 5.60 Å². The van der Waals surface area contributed by atoms with Gasteiger partial charge >= 0.3 is 0 Å². The van der Waals surface area contributed by atoms with Crippen molar-refractivity contribution in [1.29, 1.82) is 0 Å². The van der Waals surface area contributed by atoms with E-state index in [0.717, 1.165) is 44.3 Å². The number of fused-ring (bicyclic) bond motifs is 1. The van der Waals surface area contributed by atoms with Crippen LogP contribution in [0.2, 0.25) is 0 Å². The van der Waals surface area contributed by atoms with Crippen molar-refractivity contribution in [2.45, 2.75) is 78.4 Å². The fourth-order valence-corrected chi connectivity index (χ4v) is 6.47. The first-order valence-electron chi connectivity index (χ1n) is 14.8. The van der Waals surface area contributed by atoms with Gasteiger partial charge in [-0.05, 0) is 83.7 Å². The van der Waals surface area contributed by atoms with Gasteiger partial charge < -0.3 is 29.1 Å². The molecule has 1 saturated carbocycles. The van der Waals surface area contributed by atoms with E-state index in [9.17, 15) is 9.90 Å². The van der Waals surface area contributed by atoms with Gasteiger partial charge in [0.25, 0.3) is 5.91 Å². The van der Waals surface area contributed by atoms with Crippen molar-refractivity contribution in [2.24, 2.45) is 5.92 Å². The number of amides is 1. The SMILES string of the molecule is CCOc1cc(C(=O)N2CC[C@@]3(O)CCCC[C@H]3[C@@H]2c2ccc(N(CC)CC)cc2)cc(OCC)c1OCC. The van der Waals surface area contributed by atoms with Crippen molar-refractivity contribution >= 4 is 11.6 Å². The molecule has 0 radical (unpaired) electrons. The molecule has 0 spiro atoms. The van der Waals surface area contributed by atoms with E-state index in [-0.39, 0.29) is 17.9 Å². The molecule has 0 bridgehead atoms. The Kier molecular flexibility index (Phi) is 9.65. The zero-order chi connectivity index (χ0) is 28.0. The molecule has 0 aromatic heterocycles. The largest absolute Gasteiger partial charge is 0.490 e. The van der Waals surface area contributed by atoms with Crippen LogP contribution in [0.1, 0.15) is 88.7 Å². The molecule has 4 rings (SSSR count). The van der Waals surface area contributed by atoms with Crippen LogP contribution in [0, 0.1) is 5.92 Å². The summed E-state index contributed by atoms with van der Waals surface area (Å²) in [6.07, 6.45) is 4.38. The predicted octanol–water partition coefficient (Wildman–Crippen LogP) is 6.24. The van der Waals surface area contributed by atoms with Gasteiger partial charge in [0.1, 0.15) is 0 Å². The zero-order valence-electron chi connectivity index (χ0n) is 24.4. The predicted molar refractivity (Wildman–Crippen MR) is 155 cm³/mol. The Labute approximate surface area is 234 Å². The fourth-order valence-electron chi connectivity index (χ4n) is 6.47. The summed E-state index contributed by atoms with van der Waals surface area (Å²) in [4.78, 5) is 18.6. The monoisotopic (exact) mass is 538 g/mol. The molecule has 1 heterocycles. The minimum Gasteiger partial charge on any atom is -0.490 e. The summed E-state index contributed by atoms with van der Waals surface area (Å²) in [5.41, 5.74) is 2.01. The van der Waals surface area contributed by atoms with Gasteiger partial charge in [0.2, 0.25) is 5.75 Å². The van der Waals surface area contributed by atoms with E-state index >= 15 is 0 Å². The molecule has 2 aromatic carbocycles. The second-order valence-corrected chi connectivity index (χ2v) is 10.5. The van der Waals surface area contributed by atoms with E-state index in [4.69, 9.17) is 14.2 Å². The molecule has 7 nitrogen and oxygen atoms in total. The van der Waals surface area contributed by atoms with E-state index in [1.165, 1.54) is 5.69 Å². The summed E-state index contributed by atoms with van der Waals surface area (Å²) in [5.74, 6) is 1.47. The Morgan fingerprint density at radius 1 is 0.923 bits per heavy atom. The lowest BCUT2D eigenvalue weighted by atomic mass is 9.66. The molecular weight excluding hydrogens is 492 g/mol. The first-order valence-corrected chi connectivity index (χ1v) is 14.8. The lowest BCUT2D eigenvalue weighted by Gasteiger charge is -2.52. The third-order valence-electron chi connectivity index (χ3n) is 8.35. The van der Waals surface area contributed by atoms with Gasteiger partial charge in [-0.2, -0.15) is 0 Å². The average Bonchev–Trinajstić information content (AvgIpc) is 2.94. The molecule has 0 unspecified atom stereocenters. The Bertz CT molecular complexity index is 1070. The molecule has 7 heteroatoms. The van der Waals surface area contributed by atoms with Crippen molar-refractivity contribution in [3.05, 3.63) is 47.5 Å². The standard InChI is InChI=1S/C32H46N2O5/c1-6-33(7-2)25-16-14-23(15-17-25)29-26-13-11-12-18-32(26,36)19-20-34(29)31(35)24-21-27(37-8-3)30(39-10-5)28(22-24)38-9-4/h14-17,21-22,26,29,36H,6-13,18-20H2,1-5H3/t26-,29-,32-/m0/s1. The lowest BCUT2D eigenvalue weighted by Crippen LogP contribution is -2.56. The zero-order valence-corrected chi connectivity index (χ0v) is 24.4. The van der Waals surface area contributed by atoms with Gasteiger partial charge in [0, 0.05) is 36.8 Å². The van der Waals surface area contributed by atoms with Gasteiger partial charge in [0.05, 0.1) is 31.5 Å². The summed E-state index contributed by atoms with van der Waals surface area (Å²) in [7, 11) is 0. The van der Waals surface area contributed by atoms with Gasteiger partial charge in [0.15, 0.2) is 11.5 Å². The van der Waals surface area contributed by atoms with Gasteiger partial charge in [-0.25, -0.2) is 0 Å². The molecular formula is C32H46N2O5. The first-order chi connectivity index (χ1) is 18.9. The van der Waals surface area contributed by atoms with Crippen LogP contribution in [0.5, 0.6) is 17.2 Å². The number of rotatable bonds is 11. The third kappa shape index (κ3) is 5.98. The summed E-state index contributed by atoms with van der Waals surface area (Å²) >= 11 is 0. The number of ether oxygens (including phenoxy) is 3. The van der Waals surface area contributed by atoms with Crippen LogP contribution in [0.3, 0.4) is 0 Å². The number of anilines is 1. The van der Waals surface area contributed by atoms with Crippen molar-refractivity contribution in [1.82, 2.24) is 4.90 Å². The van der Waals surface area contributed by atoms with E-state index in [2.05, 4.69) is 43.0 Å². The van der Waals surface area contributed by atoms with Crippen LogP contribution in [-0.4, -0.2) is 61.0 Å². The number of hydrogen-bond acceptors (Lipinski definition) is 6. The van der Waals surface area contributed by atoms with Gasteiger partial charge in [-0.3, -0.25) is 4.79 Å². The molecule has 39 heavy (non-hydrogen) atoms. The second-order valence-electron chi connectivity index (χ2n) is 10.5. The maximum absolute atomic E-state index is 14.3. The normalized spacial score (nSPS) is 22.7. The maximum atomic E-state index is 14.3. The molecule has 1 N–H and O–H groups in total. The summed E-state index contributed by atoms with van der Waals surface area (Å²) in [6.45, 7) is 13.8. The Balaban J connectivity index is 1.76. The van der Waals surface area contributed by atoms with Crippen LogP contribution >= 0.6 is 0 Å². The quantitative estimate of drug-likeness (QED) is 0.365. The Morgan fingerprint density at radius 3 is 2.10 bits per heavy atom. The average molecular weight is 539 g/mol. The fraction of sp³-hybridized carbons (Fsp3) is 0.594. The highest BCUT2D eigenvalue weighted by Crippen LogP contribution is 2.50. The third-order valence-corrected chi connectivity index (χ3v) is 8.35. The molecule has 1 saturated heterocycles. The van der Waals surface area contributed by atoms with Crippen LogP contribution < -0.4 is 19.1 Å². The smallest absolute Gasteiger partial charge is 0.254 e. The summed E-state index contributed by atoms with van der Waals surface area (Å²) < 4.78 is 17.7. The minimum atomic E-state index is -0.747. The molecule has 3 atom stereocenters.